The van der Waals surface area contributed by atoms with Crippen molar-refractivity contribution in [2.75, 3.05) is 20.8 Å². The first kappa shape index (κ1) is 14.6. The summed E-state index contributed by atoms with van der Waals surface area (Å²) in [6, 6.07) is 4.69. The lowest BCUT2D eigenvalue weighted by atomic mass is 10.2. The molecule has 104 valence electrons. The number of methoxy groups -OCH3 is 2. The van der Waals surface area contributed by atoms with Crippen molar-refractivity contribution < 1.29 is 24.2 Å². The van der Waals surface area contributed by atoms with Gasteiger partial charge in [-0.3, -0.25) is 4.79 Å². The molecular weight excluding hydrogens is 252 g/mol. The number of carbonyl (C=O) groups excluding carboxylic acids is 1. The Bertz CT molecular complexity index is 461. The quantitative estimate of drug-likeness (QED) is 0.701. The molecule has 7 heteroatoms. The molecule has 0 aliphatic heterocycles. The summed E-state index contributed by atoms with van der Waals surface area (Å²) in [7, 11) is 3.06. The molecule has 2 amide bonds. The average Bonchev–Trinajstić information content (AvgIpc) is 2.42. The maximum absolute atomic E-state index is 11.3. The van der Waals surface area contributed by atoms with Crippen LogP contribution in [0.3, 0.4) is 0 Å². The summed E-state index contributed by atoms with van der Waals surface area (Å²) in [5.41, 5.74) is 0.808. The minimum atomic E-state index is -1.10. The molecule has 0 fully saturated rings. The van der Waals surface area contributed by atoms with Crippen molar-refractivity contribution in [1.29, 1.82) is 0 Å². The lowest BCUT2D eigenvalue weighted by molar-refractivity contribution is -0.135. The summed E-state index contributed by atoms with van der Waals surface area (Å²) in [6.45, 7) is -0.163. The zero-order valence-corrected chi connectivity index (χ0v) is 10.7. The van der Waals surface area contributed by atoms with Crippen LogP contribution in [-0.4, -0.2) is 37.9 Å². The number of carbonyl (C=O) groups is 2. The molecule has 0 saturated heterocycles. The number of hydrogen-bond donors (Lipinski definition) is 3. The van der Waals surface area contributed by atoms with E-state index in [-0.39, 0.29) is 6.54 Å². The molecule has 1 aromatic rings. The van der Waals surface area contributed by atoms with Crippen LogP contribution < -0.4 is 20.1 Å². The van der Waals surface area contributed by atoms with E-state index in [1.54, 1.807) is 18.2 Å². The third-order valence-corrected chi connectivity index (χ3v) is 2.30. The summed E-state index contributed by atoms with van der Waals surface area (Å²) in [5, 5.41) is 13.1. The van der Waals surface area contributed by atoms with Crippen molar-refractivity contribution in [3.05, 3.63) is 23.8 Å². The van der Waals surface area contributed by atoms with Gasteiger partial charge in [0.05, 0.1) is 14.2 Å². The third kappa shape index (κ3) is 4.74. The Kier molecular flexibility index (Phi) is 5.46. The molecule has 0 heterocycles. The van der Waals surface area contributed by atoms with Crippen LogP contribution in [-0.2, 0) is 11.3 Å². The van der Waals surface area contributed by atoms with Crippen molar-refractivity contribution in [3.63, 3.8) is 0 Å². The van der Waals surface area contributed by atoms with E-state index in [9.17, 15) is 9.59 Å². The lowest BCUT2D eigenvalue weighted by Crippen LogP contribution is -2.37. The first-order chi connectivity index (χ1) is 9.06. The van der Waals surface area contributed by atoms with Gasteiger partial charge in [-0.25, -0.2) is 4.79 Å². The Labute approximate surface area is 110 Å². The van der Waals surface area contributed by atoms with E-state index in [4.69, 9.17) is 14.6 Å². The van der Waals surface area contributed by atoms with Gasteiger partial charge in [0.2, 0.25) is 0 Å². The number of benzene rings is 1. The van der Waals surface area contributed by atoms with Crippen LogP contribution in [0.15, 0.2) is 18.2 Å². The fourth-order valence-corrected chi connectivity index (χ4v) is 1.39. The number of aliphatic carboxylic acids is 1. The van der Waals surface area contributed by atoms with Gasteiger partial charge in [0.15, 0.2) is 11.5 Å². The van der Waals surface area contributed by atoms with E-state index in [2.05, 4.69) is 10.6 Å². The van der Waals surface area contributed by atoms with Crippen molar-refractivity contribution in [2.45, 2.75) is 6.54 Å². The average molecular weight is 268 g/mol. The molecule has 0 aliphatic rings. The summed E-state index contributed by atoms with van der Waals surface area (Å²) >= 11 is 0. The minimum absolute atomic E-state index is 0.256. The Morgan fingerprint density at radius 1 is 1.16 bits per heavy atom. The number of rotatable bonds is 6. The van der Waals surface area contributed by atoms with Gasteiger partial charge in [0.1, 0.15) is 6.54 Å². The fourth-order valence-electron chi connectivity index (χ4n) is 1.39. The SMILES string of the molecule is COc1ccc(CNC(=O)NCC(=O)O)cc1OC. The van der Waals surface area contributed by atoms with Crippen LogP contribution in [0, 0.1) is 0 Å². The van der Waals surface area contributed by atoms with Gasteiger partial charge in [0.25, 0.3) is 0 Å². The van der Waals surface area contributed by atoms with Gasteiger partial charge >= 0.3 is 12.0 Å². The second-order valence-corrected chi connectivity index (χ2v) is 3.62. The van der Waals surface area contributed by atoms with Gasteiger partial charge in [-0.05, 0) is 17.7 Å². The molecule has 19 heavy (non-hydrogen) atoms. The van der Waals surface area contributed by atoms with Crippen LogP contribution in [0.2, 0.25) is 0 Å². The van der Waals surface area contributed by atoms with Gasteiger partial charge in [-0.1, -0.05) is 6.07 Å². The molecular formula is C12H16N2O5. The van der Waals surface area contributed by atoms with Crippen LogP contribution in [0.4, 0.5) is 4.79 Å². The van der Waals surface area contributed by atoms with Crippen LogP contribution in [0.25, 0.3) is 0 Å². The molecule has 0 saturated carbocycles. The van der Waals surface area contributed by atoms with E-state index in [0.717, 1.165) is 5.56 Å². The number of nitrogens with one attached hydrogen (secondary N) is 2. The van der Waals surface area contributed by atoms with Crippen LogP contribution in [0.5, 0.6) is 11.5 Å². The van der Waals surface area contributed by atoms with Gasteiger partial charge < -0.3 is 25.2 Å². The van der Waals surface area contributed by atoms with Crippen molar-refractivity contribution in [3.8, 4) is 11.5 Å². The van der Waals surface area contributed by atoms with Gasteiger partial charge in [-0.15, -0.1) is 0 Å². The lowest BCUT2D eigenvalue weighted by Gasteiger charge is -2.10. The van der Waals surface area contributed by atoms with E-state index in [1.807, 2.05) is 0 Å². The first-order valence-electron chi connectivity index (χ1n) is 5.51. The molecule has 1 rings (SSSR count). The highest BCUT2D eigenvalue weighted by molar-refractivity contribution is 5.79. The van der Waals surface area contributed by atoms with Gasteiger partial charge in [0, 0.05) is 6.54 Å². The van der Waals surface area contributed by atoms with Crippen molar-refractivity contribution in [1.82, 2.24) is 10.6 Å². The zero-order valence-electron chi connectivity index (χ0n) is 10.7. The molecule has 0 aliphatic carbocycles. The maximum atomic E-state index is 11.3. The number of hydrogen-bond acceptors (Lipinski definition) is 4. The number of ether oxygens (including phenoxy) is 2. The second-order valence-electron chi connectivity index (χ2n) is 3.62. The predicted molar refractivity (Wildman–Crippen MR) is 67.4 cm³/mol. The minimum Gasteiger partial charge on any atom is -0.493 e. The number of amides is 2. The molecule has 0 unspecified atom stereocenters. The molecule has 0 bridgehead atoms. The largest absolute Gasteiger partial charge is 0.493 e. The topological polar surface area (TPSA) is 96.9 Å². The Morgan fingerprint density at radius 2 is 1.84 bits per heavy atom. The number of urea groups is 1. The number of carboxylic acid groups (broad SMARTS) is 1. The Balaban J connectivity index is 2.53. The van der Waals surface area contributed by atoms with Crippen molar-refractivity contribution >= 4 is 12.0 Å². The Morgan fingerprint density at radius 3 is 2.42 bits per heavy atom. The number of carboxylic acids is 1. The molecule has 1 aromatic carbocycles. The summed E-state index contributed by atoms with van der Waals surface area (Å²) in [4.78, 5) is 21.5. The zero-order chi connectivity index (χ0) is 14.3. The second kappa shape index (κ2) is 7.10. The van der Waals surface area contributed by atoms with E-state index >= 15 is 0 Å². The summed E-state index contributed by atoms with van der Waals surface area (Å²) in [5.74, 6) is 0.0654. The highest BCUT2D eigenvalue weighted by atomic mass is 16.5. The molecule has 3 N–H and O–H groups in total. The summed E-state index contributed by atoms with van der Waals surface area (Å²) in [6.07, 6.45) is 0. The predicted octanol–water partition coefficient (Wildman–Crippen LogP) is 0.588. The third-order valence-electron chi connectivity index (χ3n) is 2.30. The van der Waals surface area contributed by atoms with E-state index < -0.39 is 18.5 Å². The summed E-state index contributed by atoms with van der Waals surface area (Å²) < 4.78 is 10.2. The smallest absolute Gasteiger partial charge is 0.323 e. The molecule has 0 spiro atoms. The molecule has 0 atom stereocenters. The fraction of sp³-hybridized carbons (Fsp3) is 0.333. The van der Waals surface area contributed by atoms with E-state index in [1.165, 1.54) is 14.2 Å². The highest BCUT2D eigenvalue weighted by Gasteiger charge is 2.06. The maximum Gasteiger partial charge on any atom is 0.323 e. The van der Waals surface area contributed by atoms with Crippen LogP contribution >= 0.6 is 0 Å². The molecule has 0 aromatic heterocycles. The normalized spacial score (nSPS) is 9.58. The van der Waals surface area contributed by atoms with E-state index in [0.29, 0.717) is 11.5 Å². The van der Waals surface area contributed by atoms with Gasteiger partial charge in [-0.2, -0.15) is 0 Å². The van der Waals surface area contributed by atoms with Crippen molar-refractivity contribution in [2.24, 2.45) is 0 Å². The Hall–Kier alpha value is -2.44. The molecule has 7 nitrogen and oxygen atoms in total. The standard InChI is InChI=1S/C12H16N2O5/c1-18-9-4-3-8(5-10(9)19-2)6-13-12(17)14-7-11(15)16/h3-5H,6-7H2,1-2H3,(H,15,16)(H2,13,14,17). The monoisotopic (exact) mass is 268 g/mol. The molecule has 0 radical (unpaired) electrons. The van der Waals surface area contributed by atoms with Crippen LogP contribution in [0.1, 0.15) is 5.56 Å². The highest BCUT2D eigenvalue weighted by Crippen LogP contribution is 2.27. The first-order valence-corrected chi connectivity index (χ1v) is 5.51.